The Morgan fingerprint density at radius 3 is 1.37 bits per heavy atom. The van der Waals surface area contributed by atoms with Crippen LogP contribution in [0.1, 0.15) is 48.5 Å². The molecule has 0 bridgehead atoms. The van der Waals surface area contributed by atoms with Crippen molar-refractivity contribution >= 4 is 41.8 Å². The van der Waals surface area contributed by atoms with Crippen molar-refractivity contribution in [3.63, 3.8) is 0 Å². The molecular formula is C26H35N3O17. The van der Waals surface area contributed by atoms with E-state index in [2.05, 4.69) is 10.0 Å². The van der Waals surface area contributed by atoms with Gasteiger partial charge in [0, 0.05) is 53.4 Å². The molecule has 0 aromatic rings. The first kappa shape index (κ1) is 37.7. The van der Waals surface area contributed by atoms with E-state index in [1.165, 1.54) is 0 Å². The average molecular weight is 662 g/mol. The van der Waals surface area contributed by atoms with Gasteiger partial charge in [0.15, 0.2) is 43.0 Å². The lowest BCUT2D eigenvalue weighted by atomic mass is 9.95. The Balaban J connectivity index is 2.73. The van der Waals surface area contributed by atoms with Crippen molar-refractivity contribution < 1.29 is 80.9 Å². The second kappa shape index (κ2) is 17.2. The lowest BCUT2D eigenvalue weighted by Crippen LogP contribution is -2.67. The topological polar surface area (TPSA) is 261 Å². The standard InChI is InChI=1S/C26H35N3O17/c1-10(30)37-8-17-20(21(40-13(4)33)23(42-15(6)35)25(44-17)28-29-27)46-26-24(43-16(7)36)22(41-14(5)34)19(39-12(3)32)18(45-26)9-38-11(2)31/h17-26H,8-9H2,1-7H3/t17-,18+,19-,20-,21+,22-,23+,24-,25-,26-/m1/s1. The third kappa shape index (κ3) is 11.1. The SMILES string of the molecule is CC(=O)OC[C@@H]1O[C@H](O[C@H]2[C@H](OC(C)=O)[C@H](OC(C)=O)[C@H](N=[N+]=[N-])O[C@@H]2COC(C)=O)[C@H](OC(C)=O)[C@H](OC(C)=O)[C@@H]1OC(C)=O. The van der Waals surface area contributed by atoms with Crippen LogP contribution in [0.3, 0.4) is 0 Å². The molecule has 0 spiro atoms. The summed E-state index contributed by atoms with van der Waals surface area (Å²) in [5.41, 5.74) is 9.13. The fraction of sp³-hybridized carbons (Fsp3) is 0.731. The van der Waals surface area contributed by atoms with Gasteiger partial charge in [-0.15, -0.1) is 0 Å². The monoisotopic (exact) mass is 661 g/mol. The van der Waals surface area contributed by atoms with Crippen LogP contribution in [0.25, 0.3) is 10.4 Å². The molecule has 0 aromatic heterocycles. The van der Waals surface area contributed by atoms with E-state index in [1.54, 1.807) is 0 Å². The third-order valence-corrected chi connectivity index (χ3v) is 6.07. The Labute approximate surface area is 261 Å². The summed E-state index contributed by atoms with van der Waals surface area (Å²) in [6, 6.07) is 0. The van der Waals surface area contributed by atoms with Crippen LogP contribution in [-0.4, -0.2) is 116 Å². The van der Waals surface area contributed by atoms with E-state index in [1.807, 2.05) is 0 Å². The van der Waals surface area contributed by atoms with Gasteiger partial charge in [-0.3, -0.25) is 33.6 Å². The normalized spacial score (nSPS) is 30.3. The summed E-state index contributed by atoms with van der Waals surface area (Å²) in [7, 11) is 0. The summed E-state index contributed by atoms with van der Waals surface area (Å²) in [6.07, 6.45) is -16.1. The van der Waals surface area contributed by atoms with Gasteiger partial charge >= 0.3 is 41.8 Å². The van der Waals surface area contributed by atoms with Crippen molar-refractivity contribution in [2.75, 3.05) is 13.2 Å². The molecule has 0 amide bonds. The Hall–Kier alpha value is -4.52. The van der Waals surface area contributed by atoms with E-state index in [0.717, 1.165) is 48.5 Å². The molecule has 20 nitrogen and oxygen atoms in total. The van der Waals surface area contributed by atoms with Gasteiger partial charge in [0.2, 0.25) is 0 Å². The van der Waals surface area contributed by atoms with E-state index in [9.17, 15) is 33.6 Å². The van der Waals surface area contributed by atoms with Crippen LogP contribution in [-0.2, 0) is 80.9 Å². The molecule has 2 rings (SSSR count). The van der Waals surface area contributed by atoms with Gasteiger partial charge in [-0.05, 0) is 5.53 Å². The maximum absolute atomic E-state index is 12.2. The lowest BCUT2D eigenvalue weighted by molar-refractivity contribution is -0.344. The highest BCUT2D eigenvalue weighted by molar-refractivity contribution is 5.69. The molecule has 20 heteroatoms. The van der Waals surface area contributed by atoms with Crippen LogP contribution >= 0.6 is 0 Å². The van der Waals surface area contributed by atoms with E-state index in [-0.39, 0.29) is 0 Å². The maximum atomic E-state index is 12.2. The van der Waals surface area contributed by atoms with Crippen LogP contribution < -0.4 is 0 Å². The van der Waals surface area contributed by atoms with Gasteiger partial charge in [-0.1, -0.05) is 5.11 Å². The van der Waals surface area contributed by atoms with E-state index >= 15 is 0 Å². The van der Waals surface area contributed by atoms with Crippen molar-refractivity contribution in [1.29, 1.82) is 0 Å². The summed E-state index contributed by atoms with van der Waals surface area (Å²) < 4.78 is 54.8. The molecule has 2 heterocycles. The zero-order valence-electron chi connectivity index (χ0n) is 26.0. The minimum atomic E-state index is -1.82. The molecule has 46 heavy (non-hydrogen) atoms. The predicted octanol–water partition coefficient (Wildman–Crippen LogP) is -0.0836. The molecule has 10 atom stereocenters. The van der Waals surface area contributed by atoms with Crippen LogP contribution in [0.5, 0.6) is 0 Å². The zero-order chi connectivity index (χ0) is 34.7. The fourth-order valence-corrected chi connectivity index (χ4v) is 4.63. The number of ether oxygens (including phenoxy) is 10. The van der Waals surface area contributed by atoms with Crippen LogP contribution in [0.15, 0.2) is 5.11 Å². The Morgan fingerprint density at radius 2 is 0.935 bits per heavy atom. The summed E-state index contributed by atoms with van der Waals surface area (Å²) >= 11 is 0. The highest BCUT2D eigenvalue weighted by atomic mass is 16.8. The summed E-state index contributed by atoms with van der Waals surface area (Å²) in [4.78, 5) is 86.7. The highest BCUT2D eigenvalue weighted by Crippen LogP contribution is 2.35. The number of hydrogen-bond acceptors (Lipinski definition) is 18. The molecular weight excluding hydrogens is 626 g/mol. The van der Waals surface area contributed by atoms with Crippen LogP contribution in [0.2, 0.25) is 0 Å². The Bertz CT molecular complexity index is 1220. The number of hydrogen-bond donors (Lipinski definition) is 0. The minimum Gasteiger partial charge on any atom is -0.463 e. The number of nitrogens with zero attached hydrogens (tertiary/aromatic N) is 3. The summed E-state index contributed by atoms with van der Waals surface area (Å²) in [6.45, 7) is 6.05. The summed E-state index contributed by atoms with van der Waals surface area (Å²) in [5.74, 6) is -6.10. The molecule has 0 unspecified atom stereocenters. The van der Waals surface area contributed by atoms with Crippen molar-refractivity contribution in [3.05, 3.63) is 10.4 Å². The number of azide groups is 1. The van der Waals surface area contributed by atoms with Gasteiger partial charge in [0.25, 0.3) is 0 Å². The Morgan fingerprint density at radius 1 is 0.543 bits per heavy atom. The van der Waals surface area contributed by atoms with Crippen molar-refractivity contribution in [1.82, 2.24) is 0 Å². The van der Waals surface area contributed by atoms with Crippen molar-refractivity contribution in [2.45, 2.75) is 110 Å². The number of carbonyl (C=O) groups is 7. The molecule has 2 aliphatic rings. The van der Waals surface area contributed by atoms with Gasteiger partial charge in [0.1, 0.15) is 31.5 Å². The van der Waals surface area contributed by atoms with E-state index in [0.29, 0.717) is 0 Å². The molecule has 2 fully saturated rings. The van der Waals surface area contributed by atoms with Crippen LogP contribution in [0, 0.1) is 0 Å². The average Bonchev–Trinajstić information content (AvgIpc) is 2.91. The van der Waals surface area contributed by atoms with Crippen molar-refractivity contribution in [3.8, 4) is 0 Å². The first-order valence-corrected chi connectivity index (χ1v) is 13.7. The predicted molar refractivity (Wildman–Crippen MR) is 142 cm³/mol. The van der Waals surface area contributed by atoms with Gasteiger partial charge < -0.3 is 47.4 Å². The number of carbonyl (C=O) groups excluding carboxylic acids is 7. The fourth-order valence-electron chi connectivity index (χ4n) is 4.63. The number of esters is 7. The molecule has 0 aliphatic carbocycles. The van der Waals surface area contributed by atoms with Gasteiger partial charge in [-0.2, -0.15) is 0 Å². The third-order valence-electron chi connectivity index (χ3n) is 6.07. The van der Waals surface area contributed by atoms with E-state index in [4.69, 9.17) is 52.9 Å². The molecule has 0 N–H and O–H groups in total. The molecule has 2 aliphatic heterocycles. The lowest BCUT2D eigenvalue weighted by Gasteiger charge is -2.48. The van der Waals surface area contributed by atoms with Crippen LogP contribution in [0.4, 0.5) is 0 Å². The molecule has 0 aromatic carbocycles. The first-order valence-electron chi connectivity index (χ1n) is 13.7. The van der Waals surface area contributed by atoms with E-state index < -0.39 is 116 Å². The zero-order valence-corrected chi connectivity index (χ0v) is 26.0. The van der Waals surface area contributed by atoms with Crippen molar-refractivity contribution in [2.24, 2.45) is 5.11 Å². The highest BCUT2D eigenvalue weighted by Gasteiger charge is 2.57. The number of rotatable bonds is 12. The molecule has 2 saturated heterocycles. The second-order valence-electron chi connectivity index (χ2n) is 9.89. The maximum Gasteiger partial charge on any atom is 0.303 e. The quantitative estimate of drug-likeness (QED) is 0.0870. The smallest absolute Gasteiger partial charge is 0.303 e. The second-order valence-corrected chi connectivity index (χ2v) is 9.89. The van der Waals surface area contributed by atoms with Gasteiger partial charge in [0.05, 0.1) is 0 Å². The minimum absolute atomic E-state index is 0.585. The molecule has 0 radical (unpaired) electrons. The largest absolute Gasteiger partial charge is 0.463 e. The molecule has 0 saturated carbocycles. The van der Waals surface area contributed by atoms with Gasteiger partial charge in [-0.25, -0.2) is 0 Å². The Kier molecular flexibility index (Phi) is 14.1. The first-order chi connectivity index (χ1) is 21.5. The summed E-state index contributed by atoms with van der Waals surface area (Å²) in [5, 5.41) is 3.46. The molecule has 256 valence electrons.